The van der Waals surface area contributed by atoms with E-state index in [9.17, 15) is 0 Å². The van der Waals surface area contributed by atoms with Crippen molar-refractivity contribution in [1.82, 2.24) is 0 Å². The Morgan fingerprint density at radius 1 is 1.25 bits per heavy atom. The van der Waals surface area contributed by atoms with Crippen LogP contribution >= 0.6 is 0 Å². The second-order valence-electron chi connectivity index (χ2n) is 1.60. The van der Waals surface area contributed by atoms with Crippen molar-refractivity contribution in [2.24, 2.45) is 0 Å². The molecule has 0 amide bonds. The van der Waals surface area contributed by atoms with Crippen LogP contribution in [0.15, 0.2) is 0 Å². The Bertz CT molecular complexity index is 54.8. The summed E-state index contributed by atoms with van der Waals surface area (Å²) in [5.41, 5.74) is 0. The van der Waals surface area contributed by atoms with E-state index in [1.165, 1.54) is 0 Å². The van der Waals surface area contributed by atoms with Gasteiger partial charge in [-0.3, -0.25) is 0 Å². The van der Waals surface area contributed by atoms with Crippen LogP contribution in [-0.2, 0) is 8.85 Å². The van der Waals surface area contributed by atoms with E-state index in [1.54, 1.807) is 14.2 Å². The van der Waals surface area contributed by atoms with E-state index in [-0.39, 0.29) is 0 Å². The highest BCUT2D eigenvalue weighted by Gasteiger charge is 2.25. The first-order valence-electron chi connectivity index (χ1n) is 2.47. The molecule has 0 aromatic heterocycles. The SMILES string of the molecule is CO[Si](C)(OC)[Si]C. The zero-order valence-corrected chi connectivity index (χ0v) is 7.82. The molecule has 4 heteroatoms. The zero-order valence-electron chi connectivity index (χ0n) is 5.82. The minimum atomic E-state index is -1.64. The van der Waals surface area contributed by atoms with Crippen LogP contribution in [0.2, 0.25) is 13.1 Å². The molecule has 0 fully saturated rings. The Kier molecular flexibility index (Phi) is 3.54. The molecule has 2 nitrogen and oxygen atoms in total. The van der Waals surface area contributed by atoms with Gasteiger partial charge in [-0.2, -0.15) is 0 Å². The minimum absolute atomic E-state index is 0.796. The van der Waals surface area contributed by atoms with Crippen molar-refractivity contribution in [3.05, 3.63) is 0 Å². The summed E-state index contributed by atoms with van der Waals surface area (Å²) in [4.78, 5) is 0. The standard InChI is InChI=1S/C4H12O2Si2/c1-5-8(4,6-2)7-3/h1-4H3. The van der Waals surface area contributed by atoms with Gasteiger partial charge in [-0.15, -0.1) is 0 Å². The molecule has 0 heterocycles. The molecule has 0 aromatic rings. The van der Waals surface area contributed by atoms with Gasteiger partial charge in [0.05, 0.1) is 9.04 Å². The molecule has 8 heavy (non-hydrogen) atoms. The van der Waals surface area contributed by atoms with E-state index in [0.29, 0.717) is 0 Å². The van der Waals surface area contributed by atoms with Crippen LogP contribution < -0.4 is 0 Å². The summed E-state index contributed by atoms with van der Waals surface area (Å²) in [6.07, 6.45) is 0. The van der Waals surface area contributed by atoms with Gasteiger partial charge in [0.1, 0.15) is 0 Å². The fourth-order valence-corrected chi connectivity index (χ4v) is 2.09. The first-order valence-corrected chi connectivity index (χ1v) is 7.29. The summed E-state index contributed by atoms with van der Waals surface area (Å²) in [6, 6.07) is 0. The average Bonchev–Trinajstić information content (AvgIpc) is 1.87. The second kappa shape index (κ2) is 3.39. The quantitative estimate of drug-likeness (QED) is 0.546. The van der Waals surface area contributed by atoms with E-state index >= 15 is 0 Å². The van der Waals surface area contributed by atoms with Crippen molar-refractivity contribution < 1.29 is 8.85 Å². The normalized spacial score (nSPS) is 12.0. The smallest absolute Gasteiger partial charge is 0.306 e. The van der Waals surface area contributed by atoms with E-state index in [2.05, 4.69) is 13.1 Å². The van der Waals surface area contributed by atoms with Crippen LogP contribution in [0.3, 0.4) is 0 Å². The lowest BCUT2D eigenvalue weighted by Crippen LogP contribution is -2.42. The van der Waals surface area contributed by atoms with E-state index in [4.69, 9.17) is 8.85 Å². The maximum Gasteiger partial charge on any atom is 0.306 e. The molecule has 0 unspecified atom stereocenters. The Morgan fingerprint density at radius 2 is 1.62 bits per heavy atom. The highest BCUT2D eigenvalue weighted by molar-refractivity contribution is 7.16. The van der Waals surface area contributed by atoms with Gasteiger partial charge in [0.25, 0.3) is 0 Å². The third-order valence-corrected chi connectivity index (χ3v) is 7.65. The van der Waals surface area contributed by atoms with Crippen molar-refractivity contribution in [3.63, 3.8) is 0 Å². The summed E-state index contributed by atoms with van der Waals surface area (Å²) in [5, 5.41) is 0. The van der Waals surface area contributed by atoms with E-state index < -0.39 is 8.08 Å². The maximum atomic E-state index is 5.17. The van der Waals surface area contributed by atoms with Gasteiger partial charge in [-0.25, -0.2) is 0 Å². The number of rotatable bonds is 3. The molecule has 0 aliphatic rings. The maximum absolute atomic E-state index is 5.17. The van der Waals surface area contributed by atoms with Gasteiger partial charge in [0.15, 0.2) is 0 Å². The summed E-state index contributed by atoms with van der Waals surface area (Å²) in [6.45, 7) is 4.17. The lowest BCUT2D eigenvalue weighted by Gasteiger charge is -2.19. The molecule has 0 N–H and O–H groups in total. The van der Waals surface area contributed by atoms with Crippen LogP contribution in [0.25, 0.3) is 0 Å². The molecule has 48 valence electrons. The number of hydrogen-bond donors (Lipinski definition) is 0. The van der Waals surface area contributed by atoms with E-state index in [0.717, 1.165) is 9.04 Å². The molecule has 0 rings (SSSR count). The van der Waals surface area contributed by atoms with E-state index in [1.807, 2.05) is 0 Å². The first kappa shape index (κ1) is 8.35. The third kappa shape index (κ3) is 2.08. The monoisotopic (exact) mass is 148 g/mol. The molecular formula is C4H12O2Si2. The van der Waals surface area contributed by atoms with Crippen molar-refractivity contribution in [2.75, 3.05) is 14.2 Å². The highest BCUT2D eigenvalue weighted by atomic mass is 29.2. The van der Waals surface area contributed by atoms with Gasteiger partial charge in [-0.1, -0.05) is 6.55 Å². The lowest BCUT2D eigenvalue weighted by molar-refractivity contribution is 0.272. The van der Waals surface area contributed by atoms with Crippen molar-refractivity contribution in [1.29, 1.82) is 0 Å². The Labute approximate surface area is 54.1 Å². The van der Waals surface area contributed by atoms with Gasteiger partial charge in [0.2, 0.25) is 0 Å². The minimum Gasteiger partial charge on any atom is -0.400 e. The molecular weight excluding hydrogens is 136 g/mol. The van der Waals surface area contributed by atoms with Crippen LogP contribution in [-0.4, -0.2) is 31.3 Å². The van der Waals surface area contributed by atoms with Crippen molar-refractivity contribution in [3.8, 4) is 0 Å². The van der Waals surface area contributed by atoms with Crippen LogP contribution in [0.5, 0.6) is 0 Å². The lowest BCUT2D eigenvalue weighted by atomic mass is 11.8. The summed E-state index contributed by atoms with van der Waals surface area (Å²) >= 11 is 0. The molecule has 0 saturated heterocycles. The molecule has 0 saturated carbocycles. The summed E-state index contributed by atoms with van der Waals surface area (Å²) < 4.78 is 10.3. The molecule has 2 radical (unpaired) electrons. The predicted octanol–water partition coefficient (Wildman–Crippen LogP) is 0.600. The van der Waals surface area contributed by atoms with Gasteiger partial charge >= 0.3 is 8.08 Å². The van der Waals surface area contributed by atoms with Gasteiger partial charge < -0.3 is 8.85 Å². The fraction of sp³-hybridized carbons (Fsp3) is 1.00. The number of hydrogen-bond acceptors (Lipinski definition) is 2. The molecule has 0 spiro atoms. The Morgan fingerprint density at radius 3 is 1.62 bits per heavy atom. The van der Waals surface area contributed by atoms with Crippen molar-refractivity contribution >= 4 is 17.1 Å². The molecule has 0 aromatic carbocycles. The van der Waals surface area contributed by atoms with Gasteiger partial charge in [0, 0.05) is 14.2 Å². The van der Waals surface area contributed by atoms with Gasteiger partial charge in [-0.05, 0) is 6.55 Å². The van der Waals surface area contributed by atoms with Crippen LogP contribution in [0.1, 0.15) is 0 Å². The second-order valence-corrected chi connectivity index (χ2v) is 9.04. The molecule has 0 atom stereocenters. The summed E-state index contributed by atoms with van der Waals surface area (Å²) in [5.74, 6) is 0. The van der Waals surface area contributed by atoms with Crippen molar-refractivity contribution in [2.45, 2.75) is 13.1 Å². The fourth-order valence-electron chi connectivity index (χ4n) is 0.287. The zero-order chi connectivity index (χ0) is 6.62. The Hall–Kier alpha value is 0.354. The first-order chi connectivity index (χ1) is 3.68. The molecule has 0 aliphatic heterocycles. The highest BCUT2D eigenvalue weighted by Crippen LogP contribution is 1.99. The molecule has 0 bridgehead atoms. The van der Waals surface area contributed by atoms with Crippen LogP contribution in [0.4, 0.5) is 0 Å². The molecule has 0 aliphatic carbocycles. The largest absolute Gasteiger partial charge is 0.400 e. The van der Waals surface area contributed by atoms with Crippen LogP contribution in [0, 0.1) is 0 Å². The Balaban J connectivity index is 3.58. The predicted molar refractivity (Wildman–Crippen MR) is 37.3 cm³/mol. The topological polar surface area (TPSA) is 18.5 Å². The summed E-state index contributed by atoms with van der Waals surface area (Å²) in [7, 11) is 2.58. The average molecular weight is 148 g/mol. The third-order valence-electron chi connectivity index (χ3n) is 1.23.